The van der Waals surface area contributed by atoms with Crippen LogP contribution in [0.25, 0.3) is 0 Å². The normalized spacial score (nSPS) is 19.8. The van der Waals surface area contributed by atoms with Crippen LogP contribution in [-0.2, 0) is 4.74 Å². The van der Waals surface area contributed by atoms with Gasteiger partial charge in [-0.1, -0.05) is 0 Å². The van der Waals surface area contributed by atoms with Gasteiger partial charge in [0.05, 0.1) is 25.1 Å². The Bertz CT molecular complexity index is 424. The van der Waals surface area contributed by atoms with Crippen molar-refractivity contribution in [2.24, 2.45) is 11.5 Å². The predicted octanol–water partition coefficient (Wildman–Crippen LogP) is -0.870. The summed E-state index contributed by atoms with van der Waals surface area (Å²) in [5, 5.41) is 0. The van der Waals surface area contributed by atoms with Crippen molar-refractivity contribution in [1.82, 2.24) is 9.97 Å². The molecule has 0 aliphatic carbocycles. The van der Waals surface area contributed by atoms with Gasteiger partial charge in [-0.05, 0) is 13.0 Å². The van der Waals surface area contributed by atoms with Crippen molar-refractivity contribution in [3.8, 4) is 0 Å². The first-order valence-electron chi connectivity index (χ1n) is 5.89. The van der Waals surface area contributed by atoms with Crippen molar-refractivity contribution >= 4 is 11.7 Å². The van der Waals surface area contributed by atoms with Crippen LogP contribution in [-0.4, -0.2) is 48.2 Å². The number of hydrogen-bond acceptors (Lipinski definition) is 6. The summed E-state index contributed by atoms with van der Waals surface area (Å²) >= 11 is 0. The minimum Gasteiger partial charge on any atom is -0.374 e. The Morgan fingerprint density at radius 1 is 1.56 bits per heavy atom. The van der Waals surface area contributed by atoms with E-state index in [2.05, 4.69) is 9.97 Å². The number of ether oxygens (including phenoxy) is 1. The standard InChI is InChI=1S/C11H17N5O2/c12-2-1-8-7-16(3-4-18-8)10-6-14-5-9(15-10)11(13)17/h5-6,8H,1-4,7,12H2,(H2,13,17)/t8-/m1/s1. The number of carbonyl (C=O) groups is 1. The monoisotopic (exact) mass is 251 g/mol. The van der Waals surface area contributed by atoms with Crippen LogP contribution in [0.5, 0.6) is 0 Å². The summed E-state index contributed by atoms with van der Waals surface area (Å²) in [5.41, 5.74) is 10.9. The minimum absolute atomic E-state index is 0.0998. The predicted molar refractivity (Wildman–Crippen MR) is 66.2 cm³/mol. The summed E-state index contributed by atoms with van der Waals surface area (Å²) in [7, 11) is 0. The van der Waals surface area contributed by atoms with E-state index in [0.717, 1.165) is 13.0 Å². The molecule has 1 amide bonds. The van der Waals surface area contributed by atoms with Gasteiger partial charge in [-0.2, -0.15) is 0 Å². The molecule has 1 atom stereocenters. The van der Waals surface area contributed by atoms with Gasteiger partial charge < -0.3 is 21.1 Å². The summed E-state index contributed by atoms with van der Waals surface area (Å²) in [6.07, 6.45) is 3.89. The molecule has 0 spiro atoms. The molecule has 7 heteroatoms. The number of hydrogen-bond donors (Lipinski definition) is 2. The van der Waals surface area contributed by atoms with Gasteiger partial charge in [-0.3, -0.25) is 9.78 Å². The Kier molecular flexibility index (Phi) is 4.06. The zero-order valence-corrected chi connectivity index (χ0v) is 10.1. The van der Waals surface area contributed by atoms with Crippen molar-refractivity contribution in [2.75, 3.05) is 31.1 Å². The van der Waals surface area contributed by atoms with Crippen molar-refractivity contribution < 1.29 is 9.53 Å². The summed E-state index contributed by atoms with van der Waals surface area (Å²) < 4.78 is 5.59. The maximum Gasteiger partial charge on any atom is 0.268 e. The Labute approximate surface area is 105 Å². The zero-order valence-electron chi connectivity index (χ0n) is 10.1. The average Bonchev–Trinajstić information content (AvgIpc) is 2.39. The molecule has 0 unspecified atom stereocenters. The third-order valence-electron chi connectivity index (χ3n) is 2.83. The van der Waals surface area contributed by atoms with Crippen LogP contribution in [0.4, 0.5) is 5.82 Å². The average molecular weight is 251 g/mol. The molecule has 4 N–H and O–H groups in total. The van der Waals surface area contributed by atoms with Gasteiger partial charge in [0.1, 0.15) is 11.5 Å². The highest BCUT2D eigenvalue weighted by Crippen LogP contribution is 2.15. The number of nitrogens with two attached hydrogens (primary N) is 2. The zero-order chi connectivity index (χ0) is 13.0. The second-order valence-corrected chi connectivity index (χ2v) is 4.14. The Hall–Kier alpha value is -1.73. The minimum atomic E-state index is -0.573. The quantitative estimate of drug-likeness (QED) is 0.720. The number of carbonyl (C=O) groups excluding carboxylic acids is 1. The Balaban J connectivity index is 2.10. The second-order valence-electron chi connectivity index (χ2n) is 4.14. The summed E-state index contributed by atoms with van der Waals surface area (Å²) in [6.45, 7) is 2.63. The fraction of sp³-hybridized carbons (Fsp3) is 0.545. The van der Waals surface area contributed by atoms with Crippen LogP contribution in [0.3, 0.4) is 0 Å². The van der Waals surface area contributed by atoms with E-state index in [1.807, 2.05) is 4.90 Å². The molecule has 0 radical (unpaired) electrons. The van der Waals surface area contributed by atoms with E-state index in [1.54, 1.807) is 6.20 Å². The molecule has 0 saturated carbocycles. The lowest BCUT2D eigenvalue weighted by molar-refractivity contribution is 0.0366. The molecular formula is C11H17N5O2. The van der Waals surface area contributed by atoms with Crippen LogP contribution in [0.2, 0.25) is 0 Å². The SMILES string of the molecule is NCC[C@@H]1CN(c2cncc(C(N)=O)n2)CCO1. The van der Waals surface area contributed by atoms with Crippen molar-refractivity contribution in [3.63, 3.8) is 0 Å². The third kappa shape index (κ3) is 2.93. The molecular weight excluding hydrogens is 234 g/mol. The van der Waals surface area contributed by atoms with Gasteiger partial charge >= 0.3 is 0 Å². The lowest BCUT2D eigenvalue weighted by atomic mass is 10.2. The van der Waals surface area contributed by atoms with Crippen LogP contribution in [0, 0.1) is 0 Å². The highest BCUT2D eigenvalue weighted by molar-refractivity contribution is 5.90. The van der Waals surface area contributed by atoms with Crippen molar-refractivity contribution in [1.29, 1.82) is 0 Å². The number of morpholine rings is 1. The van der Waals surface area contributed by atoms with Gasteiger partial charge in [0.15, 0.2) is 0 Å². The molecule has 2 rings (SSSR count). The lowest BCUT2D eigenvalue weighted by Gasteiger charge is -2.33. The van der Waals surface area contributed by atoms with E-state index < -0.39 is 5.91 Å². The van der Waals surface area contributed by atoms with Gasteiger partial charge in [0, 0.05) is 13.1 Å². The summed E-state index contributed by atoms with van der Waals surface area (Å²) in [5.74, 6) is 0.0766. The first-order chi connectivity index (χ1) is 8.70. The van der Waals surface area contributed by atoms with Gasteiger partial charge in [0.2, 0.25) is 0 Å². The second kappa shape index (κ2) is 5.74. The van der Waals surface area contributed by atoms with Crippen molar-refractivity contribution in [2.45, 2.75) is 12.5 Å². The number of rotatable bonds is 4. The van der Waals surface area contributed by atoms with Crippen LogP contribution >= 0.6 is 0 Å². The van der Waals surface area contributed by atoms with E-state index in [-0.39, 0.29) is 11.8 Å². The van der Waals surface area contributed by atoms with Crippen LogP contribution < -0.4 is 16.4 Å². The molecule has 1 aromatic heterocycles. The number of nitrogens with zero attached hydrogens (tertiary/aromatic N) is 3. The van der Waals surface area contributed by atoms with E-state index in [1.165, 1.54) is 6.20 Å². The molecule has 1 saturated heterocycles. The fourth-order valence-corrected chi connectivity index (χ4v) is 1.91. The lowest BCUT2D eigenvalue weighted by Crippen LogP contribution is -2.43. The number of primary amides is 1. The summed E-state index contributed by atoms with van der Waals surface area (Å²) in [4.78, 5) is 21.3. The van der Waals surface area contributed by atoms with E-state index in [9.17, 15) is 4.79 Å². The molecule has 1 fully saturated rings. The highest BCUT2D eigenvalue weighted by Gasteiger charge is 2.21. The molecule has 98 valence electrons. The molecule has 1 aliphatic rings. The molecule has 1 aromatic rings. The number of anilines is 1. The Morgan fingerprint density at radius 3 is 3.11 bits per heavy atom. The smallest absolute Gasteiger partial charge is 0.268 e. The third-order valence-corrected chi connectivity index (χ3v) is 2.83. The highest BCUT2D eigenvalue weighted by atomic mass is 16.5. The van der Waals surface area contributed by atoms with Crippen LogP contribution in [0.1, 0.15) is 16.9 Å². The fourth-order valence-electron chi connectivity index (χ4n) is 1.91. The molecule has 2 heterocycles. The first kappa shape index (κ1) is 12.7. The molecule has 18 heavy (non-hydrogen) atoms. The molecule has 0 aromatic carbocycles. The van der Waals surface area contributed by atoms with Crippen molar-refractivity contribution in [3.05, 3.63) is 18.1 Å². The van der Waals surface area contributed by atoms with Gasteiger partial charge in [-0.25, -0.2) is 4.98 Å². The van der Waals surface area contributed by atoms with Gasteiger partial charge in [-0.15, -0.1) is 0 Å². The van der Waals surface area contributed by atoms with Crippen LogP contribution in [0.15, 0.2) is 12.4 Å². The number of amides is 1. The van der Waals surface area contributed by atoms with E-state index in [4.69, 9.17) is 16.2 Å². The first-order valence-corrected chi connectivity index (χ1v) is 5.89. The maximum atomic E-state index is 11.1. The van der Waals surface area contributed by atoms with Gasteiger partial charge in [0.25, 0.3) is 5.91 Å². The van der Waals surface area contributed by atoms with E-state index >= 15 is 0 Å². The number of aromatic nitrogens is 2. The molecule has 0 bridgehead atoms. The Morgan fingerprint density at radius 2 is 2.39 bits per heavy atom. The largest absolute Gasteiger partial charge is 0.374 e. The molecule has 1 aliphatic heterocycles. The molecule has 7 nitrogen and oxygen atoms in total. The maximum absolute atomic E-state index is 11.1. The summed E-state index contributed by atoms with van der Waals surface area (Å²) in [6, 6.07) is 0. The topological polar surface area (TPSA) is 107 Å². The van der Waals surface area contributed by atoms with E-state index in [0.29, 0.717) is 25.5 Å².